The van der Waals surface area contributed by atoms with Gasteiger partial charge in [-0.2, -0.15) is 0 Å². The van der Waals surface area contributed by atoms with Crippen LogP contribution in [0.4, 0.5) is 11.4 Å². The maximum atomic E-state index is 12.9. The molecule has 0 aliphatic rings. The number of hydrogen-bond donors (Lipinski definition) is 1. The van der Waals surface area contributed by atoms with Gasteiger partial charge in [0.1, 0.15) is 6.54 Å². The summed E-state index contributed by atoms with van der Waals surface area (Å²) in [4.78, 5) is 25.7. The van der Waals surface area contributed by atoms with Gasteiger partial charge in [-0.05, 0) is 56.7 Å². The topological polar surface area (TPSA) is 111 Å². The van der Waals surface area contributed by atoms with Gasteiger partial charge in [-0.1, -0.05) is 0 Å². The SMILES string of the molecule is CCN(CC)c1ccc(NS(=O)(=O)c2ccc3c(c2)oc(=O)n3CC(=O)OC)c(C)c1. The maximum absolute atomic E-state index is 12.9. The molecule has 1 heterocycles. The van der Waals surface area contributed by atoms with E-state index in [1.54, 1.807) is 6.07 Å². The molecular formula is C21H25N3O6S. The fourth-order valence-corrected chi connectivity index (χ4v) is 4.45. The van der Waals surface area contributed by atoms with Gasteiger partial charge in [-0.15, -0.1) is 0 Å². The smallest absolute Gasteiger partial charge is 0.420 e. The summed E-state index contributed by atoms with van der Waals surface area (Å²) in [5.74, 6) is -1.39. The van der Waals surface area contributed by atoms with Crippen LogP contribution in [-0.4, -0.2) is 39.2 Å². The maximum Gasteiger partial charge on any atom is 0.420 e. The van der Waals surface area contributed by atoms with E-state index in [0.717, 1.165) is 28.9 Å². The Bertz CT molecular complexity index is 1270. The molecule has 0 spiro atoms. The van der Waals surface area contributed by atoms with E-state index in [-0.39, 0.29) is 17.0 Å². The van der Waals surface area contributed by atoms with Crippen LogP contribution in [0.2, 0.25) is 0 Å². The van der Waals surface area contributed by atoms with Crippen molar-refractivity contribution in [2.75, 3.05) is 29.8 Å². The Morgan fingerprint density at radius 2 is 1.87 bits per heavy atom. The summed E-state index contributed by atoms with van der Waals surface area (Å²) in [5.41, 5.74) is 2.62. The number of oxazole rings is 1. The van der Waals surface area contributed by atoms with E-state index in [2.05, 4.69) is 28.2 Å². The average molecular weight is 448 g/mol. The summed E-state index contributed by atoms with van der Waals surface area (Å²) in [6, 6.07) is 9.56. The molecule has 10 heteroatoms. The van der Waals surface area contributed by atoms with Gasteiger partial charge in [0.2, 0.25) is 0 Å². The highest BCUT2D eigenvalue weighted by molar-refractivity contribution is 7.92. The number of ether oxygens (including phenoxy) is 1. The molecule has 3 rings (SSSR count). The first kappa shape index (κ1) is 22.4. The number of nitrogens with zero attached hydrogens (tertiary/aromatic N) is 2. The molecule has 166 valence electrons. The average Bonchev–Trinajstić information content (AvgIpc) is 3.05. The van der Waals surface area contributed by atoms with Crippen molar-refractivity contribution in [1.29, 1.82) is 0 Å². The number of hydrogen-bond acceptors (Lipinski definition) is 7. The number of aromatic nitrogens is 1. The molecule has 1 N–H and O–H groups in total. The van der Waals surface area contributed by atoms with E-state index < -0.39 is 21.7 Å². The van der Waals surface area contributed by atoms with Crippen molar-refractivity contribution in [3.63, 3.8) is 0 Å². The third-order valence-corrected chi connectivity index (χ3v) is 6.41. The van der Waals surface area contributed by atoms with Gasteiger partial charge in [0, 0.05) is 24.8 Å². The Balaban J connectivity index is 1.92. The lowest BCUT2D eigenvalue weighted by Crippen LogP contribution is -2.22. The molecule has 0 unspecified atom stereocenters. The van der Waals surface area contributed by atoms with Crippen LogP contribution in [0, 0.1) is 6.92 Å². The van der Waals surface area contributed by atoms with Crippen molar-refractivity contribution in [2.45, 2.75) is 32.2 Å². The first-order chi connectivity index (χ1) is 14.7. The van der Waals surface area contributed by atoms with Crippen molar-refractivity contribution >= 4 is 38.5 Å². The van der Waals surface area contributed by atoms with Gasteiger partial charge < -0.3 is 14.1 Å². The van der Waals surface area contributed by atoms with Crippen molar-refractivity contribution in [3.05, 3.63) is 52.5 Å². The van der Waals surface area contributed by atoms with Gasteiger partial charge in [0.25, 0.3) is 10.0 Å². The number of nitrogens with one attached hydrogen (secondary N) is 1. The van der Waals surface area contributed by atoms with Crippen molar-refractivity contribution in [2.24, 2.45) is 0 Å². The predicted molar refractivity (Wildman–Crippen MR) is 118 cm³/mol. The number of aryl methyl sites for hydroxylation is 1. The molecular weight excluding hydrogens is 422 g/mol. The lowest BCUT2D eigenvalue weighted by Gasteiger charge is -2.22. The highest BCUT2D eigenvalue weighted by Crippen LogP contribution is 2.26. The number of methoxy groups -OCH3 is 1. The number of carbonyl (C=O) groups is 1. The zero-order valence-corrected chi connectivity index (χ0v) is 18.7. The third kappa shape index (κ3) is 4.58. The van der Waals surface area contributed by atoms with Crippen molar-refractivity contribution in [1.82, 2.24) is 4.57 Å². The molecule has 0 aliphatic heterocycles. The third-order valence-electron chi connectivity index (χ3n) is 5.05. The Morgan fingerprint density at radius 3 is 2.48 bits per heavy atom. The first-order valence-corrected chi connectivity index (χ1v) is 11.3. The predicted octanol–water partition coefficient (Wildman–Crippen LogP) is 2.72. The first-order valence-electron chi connectivity index (χ1n) is 9.78. The van der Waals surface area contributed by atoms with E-state index in [1.165, 1.54) is 25.3 Å². The lowest BCUT2D eigenvalue weighted by atomic mass is 10.1. The largest absolute Gasteiger partial charge is 0.468 e. The van der Waals surface area contributed by atoms with E-state index in [4.69, 9.17) is 4.42 Å². The highest BCUT2D eigenvalue weighted by atomic mass is 32.2. The summed E-state index contributed by atoms with van der Waals surface area (Å²) in [6.07, 6.45) is 0. The quantitative estimate of drug-likeness (QED) is 0.529. The Labute approximate surface area is 180 Å². The second-order valence-electron chi connectivity index (χ2n) is 6.94. The van der Waals surface area contributed by atoms with Crippen LogP contribution in [0.5, 0.6) is 0 Å². The van der Waals surface area contributed by atoms with Gasteiger partial charge in [-0.3, -0.25) is 14.1 Å². The van der Waals surface area contributed by atoms with E-state index >= 15 is 0 Å². The van der Waals surface area contributed by atoms with Gasteiger partial charge in [0.05, 0.1) is 23.2 Å². The fourth-order valence-electron chi connectivity index (χ4n) is 3.31. The molecule has 0 atom stereocenters. The van der Waals surface area contributed by atoms with Crippen LogP contribution >= 0.6 is 0 Å². The number of carbonyl (C=O) groups excluding carboxylic acids is 1. The van der Waals surface area contributed by atoms with E-state index in [0.29, 0.717) is 11.2 Å². The summed E-state index contributed by atoms with van der Waals surface area (Å²) in [7, 11) is -2.72. The zero-order chi connectivity index (χ0) is 22.8. The molecule has 0 aliphatic carbocycles. The zero-order valence-electron chi connectivity index (χ0n) is 17.8. The molecule has 0 saturated carbocycles. The van der Waals surface area contributed by atoms with Gasteiger partial charge in [-0.25, -0.2) is 13.2 Å². The number of rotatable bonds is 8. The summed E-state index contributed by atoms with van der Waals surface area (Å²) in [6.45, 7) is 7.32. The minimum Gasteiger partial charge on any atom is -0.468 e. The van der Waals surface area contributed by atoms with E-state index in [9.17, 15) is 18.0 Å². The van der Waals surface area contributed by atoms with Crippen LogP contribution in [0.15, 0.2) is 50.5 Å². The number of fused-ring (bicyclic) bond motifs is 1. The van der Waals surface area contributed by atoms with Crippen LogP contribution < -0.4 is 15.4 Å². The van der Waals surface area contributed by atoms with E-state index in [1.807, 2.05) is 19.1 Å². The summed E-state index contributed by atoms with van der Waals surface area (Å²) < 4.78 is 39.2. The molecule has 1 aromatic heterocycles. The van der Waals surface area contributed by atoms with Crippen LogP contribution in [-0.2, 0) is 26.1 Å². The lowest BCUT2D eigenvalue weighted by molar-refractivity contribution is -0.141. The molecule has 0 amide bonds. The minimum absolute atomic E-state index is 0.0605. The van der Waals surface area contributed by atoms with Crippen LogP contribution in [0.3, 0.4) is 0 Å². The normalized spacial score (nSPS) is 11.5. The Morgan fingerprint density at radius 1 is 1.16 bits per heavy atom. The monoisotopic (exact) mass is 447 g/mol. The molecule has 31 heavy (non-hydrogen) atoms. The highest BCUT2D eigenvalue weighted by Gasteiger charge is 2.20. The number of esters is 1. The fraction of sp³-hybridized carbons (Fsp3) is 0.333. The standard InChI is InChI=1S/C21H25N3O6S/c1-5-23(6-2)15-7-9-17(14(3)11-15)22-31(27,28)16-8-10-18-19(12-16)30-21(26)24(18)13-20(25)29-4/h7-12,22H,5-6,13H2,1-4H3. The molecule has 0 radical (unpaired) electrons. The molecule has 2 aromatic carbocycles. The van der Waals surface area contributed by atoms with Crippen LogP contribution in [0.25, 0.3) is 11.1 Å². The summed E-state index contributed by atoms with van der Waals surface area (Å²) in [5, 5.41) is 0. The molecule has 3 aromatic rings. The van der Waals surface area contributed by atoms with Crippen molar-refractivity contribution in [3.8, 4) is 0 Å². The summed E-state index contributed by atoms with van der Waals surface area (Å²) >= 11 is 0. The second-order valence-corrected chi connectivity index (χ2v) is 8.62. The van der Waals surface area contributed by atoms with Crippen molar-refractivity contribution < 1.29 is 22.4 Å². The van der Waals surface area contributed by atoms with Crippen LogP contribution in [0.1, 0.15) is 19.4 Å². The van der Waals surface area contributed by atoms with Gasteiger partial charge >= 0.3 is 11.7 Å². The number of sulfonamides is 1. The Hall–Kier alpha value is -3.27. The second kappa shape index (κ2) is 8.84. The van der Waals surface area contributed by atoms with Gasteiger partial charge in [0.15, 0.2) is 5.58 Å². The molecule has 9 nitrogen and oxygen atoms in total. The minimum atomic E-state index is -3.93. The molecule has 0 saturated heterocycles. The number of benzene rings is 2. The molecule has 0 fully saturated rings. The Kier molecular flexibility index (Phi) is 6.40. The number of anilines is 2. The molecule has 0 bridgehead atoms.